The van der Waals surface area contributed by atoms with Crippen LogP contribution in [0.5, 0.6) is 5.75 Å². The molecule has 0 saturated heterocycles. The first-order valence-corrected chi connectivity index (χ1v) is 7.27. The number of ether oxygens (including phenoxy) is 1. The molecule has 0 bridgehead atoms. The summed E-state index contributed by atoms with van der Waals surface area (Å²) in [6.45, 7) is 0.361. The van der Waals surface area contributed by atoms with Gasteiger partial charge >= 0.3 is 0 Å². The third-order valence-electron chi connectivity index (χ3n) is 3.73. The van der Waals surface area contributed by atoms with Crippen molar-refractivity contribution in [3.05, 3.63) is 77.6 Å². The highest BCUT2D eigenvalue weighted by atomic mass is 19.1. The molecule has 0 aliphatic rings. The van der Waals surface area contributed by atoms with Crippen LogP contribution in [0.25, 0.3) is 10.8 Å². The zero-order valence-electron chi connectivity index (χ0n) is 12.7. The molecule has 0 atom stereocenters. The fourth-order valence-electron chi connectivity index (χ4n) is 2.58. The van der Waals surface area contributed by atoms with Gasteiger partial charge in [-0.25, -0.2) is 4.39 Å². The highest BCUT2D eigenvalue weighted by Crippen LogP contribution is 2.21. The van der Waals surface area contributed by atoms with E-state index in [0.29, 0.717) is 12.3 Å². The van der Waals surface area contributed by atoms with Crippen LogP contribution in [-0.2, 0) is 6.54 Å². The van der Waals surface area contributed by atoms with Gasteiger partial charge in [-0.15, -0.1) is 0 Å². The Morgan fingerprint density at radius 3 is 2.70 bits per heavy atom. The molecular weight excluding hydrogens is 293 g/mol. The molecule has 1 amide bonds. The molecule has 0 saturated carbocycles. The Morgan fingerprint density at radius 1 is 1.09 bits per heavy atom. The molecule has 0 spiro atoms. The average molecular weight is 309 g/mol. The molecule has 116 valence electrons. The summed E-state index contributed by atoms with van der Waals surface area (Å²) in [5.74, 6) is -0.489. The maximum absolute atomic E-state index is 13.4. The lowest BCUT2D eigenvalue weighted by molar-refractivity contribution is 0.0947. The maximum atomic E-state index is 13.4. The van der Waals surface area contributed by atoms with Crippen molar-refractivity contribution in [3.63, 3.8) is 0 Å². The van der Waals surface area contributed by atoms with Crippen LogP contribution in [0.2, 0.25) is 0 Å². The number of halogens is 1. The lowest BCUT2D eigenvalue weighted by Gasteiger charge is -2.11. The summed E-state index contributed by atoms with van der Waals surface area (Å²) in [6, 6.07) is 17.8. The van der Waals surface area contributed by atoms with E-state index in [0.717, 1.165) is 16.3 Å². The smallest absolute Gasteiger partial charge is 0.255 e. The van der Waals surface area contributed by atoms with E-state index in [9.17, 15) is 9.18 Å². The second-order valence-electron chi connectivity index (χ2n) is 5.17. The molecule has 0 fully saturated rings. The molecule has 0 heterocycles. The second kappa shape index (κ2) is 6.48. The second-order valence-corrected chi connectivity index (χ2v) is 5.17. The standard InChI is InChI=1S/C19H16FNO2/c1-23-18-10-9-15(20)11-17(18)19(22)21-12-14-7-4-6-13-5-2-3-8-16(13)14/h2-11H,12H2,1H3,(H,21,22). The number of carbonyl (C=O) groups excluding carboxylic acids is 1. The Bertz CT molecular complexity index is 856. The van der Waals surface area contributed by atoms with E-state index < -0.39 is 5.82 Å². The number of carbonyl (C=O) groups is 1. The van der Waals surface area contributed by atoms with Crippen molar-refractivity contribution in [3.8, 4) is 5.75 Å². The number of amides is 1. The van der Waals surface area contributed by atoms with Crippen molar-refractivity contribution in [2.45, 2.75) is 6.54 Å². The van der Waals surface area contributed by atoms with Crippen molar-refractivity contribution < 1.29 is 13.9 Å². The van der Waals surface area contributed by atoms with Crippen molar-refractivity contribution in [2.24, 2.45) is 0 Å². The highest BCUT2D eigenvalue weighted by Gasteiger charge is 2.13. The first kappa shape index (κ1) is 15.0. The number of hydrogen-bond acceptors (Lipinski definition) is 2. The zero-order valence-corrected chi connectivity index (χ0v) is 12.7. The molecule has 0 aliphatic carbocycles. The lowest BCUT2D eigenvalue weighted by Crippen LogP contribution is -2.23. The fourth-order valence-corrected chi connectivity index (χ4v) is 2.58. The molecule has 1 N–H and O–H groups in total. The van der Waals surface area contributed by atoms with Crippen LogP contribution in [0, 0.1) is 5.82 Å². The Morgan fingerprint density at radius 2 is 1.87 bits per heavy atom. The highest BCUT2D eigenvalue weighted by molar-refractivity contribution is 5.97. The molecule has 3 nitrogen and oxygen atoms in total. The lowest BCUT2D eigenvalue weighted by atomic mass is 10.0. The summed E-state index contributed by atoms with van der Waals surface area (Å²) < 4.78 is 18.5. The maximum Gasteiger partial charge on any atom is 0.255 e. The van der Waals surface area contributed by atoms with Gasteiger partial charge in [-0.3, -0.25) is 4.79 Å². The molecule has 3 rings (SSSR count). The summed E-state index contributed by atoms with van der Waals surface area (Å²) in [5.41, 5.74) is 1.19. The van der Waals surface area contributed by atoms with Crippen molar-refractivity contribution >= 4 is 16.7 Å². The van der Waals surface area contributed by atoms with E-state index in [1.807, 2.05) is 42.5 Å². The molecule has 0 aliphatic heterocycles. The van der Waals surface area contributed by atoms with E-state index in [-0.39, 0.29) is 11.5 Å². The molecule has 23 heavy (non-hydrogen) atoms. The van der Waals surface area contributed by atoms with Crippen molar-refractivity contribution in [2.75, 3.05) is 7.11 Å². The van der Waals surface area contributed by atoms with E-state index in [1.54, 1.807) is 0 Å². The topological polar surface area (TPSA) is 38.3 Å². The Labute approximate surface area is 133 Å². The van der Waals surface area contributed by atoms with Crippen LogP contribution in [-0.4, -0.2) is 13.0 Å². The summed E-state index contributed by atoms with van der Waals surface area (Å²) in [5, 5.41) is 5.02. The number of rotatable bonds is 4. The SMILES string of the molecule is COc1ccc(F)cc1C(=O)NCc1cccc2ccccc12. The minimum absolute atomic E-state index is 0.188. The first-order valence-electron chi connectivity index (χ1n) is 7.27. The van der Waals surface area contributed by atoms with Crippen LogP contribution in [0.3, 0.4) is 0 Å². The van der Waals surface area contributed by atoms with E-state index in [1.165, 1.54) is 25.3 Å². The molecule has 4 heteroatoms. The first-order chi connectivity index (χ1) is 11.2. The third-order valence-corrected chi connectivity index (χ3v) is 3.73. The predicted octanol–water partition coefficient (Wildman–Crippen LogP) is 3.92. The number of methoxy groups -OCH3 is 1. The summed E-state index contributed by atoms with van der Waals surface area (Å²) in [7, 11) is 1.45. The van der Waals surface area contributed by atoms with Crippen LogP contribution in [0.1, 0.15) is 15.9 Å². The van der Waals surface area contributed by atoms with E-state index >= 15 is 0 Å². The van der Waals surface area contributed by atoms with Crippen LogP contribution >= 0.6 is 0 Å². The summed E-state index contributed by atoms with van der Waals surface area (Å²) in [4.78, 5) is 12.3. The number of nitrogens with one attached hydrogen (secondary N) is 1. The number of benzene rings is 3. The summed E-state index contributed by atoms with van der Waals surface area (Å²) in [6.07, 6.45) is 0. The Hall–Kier alpha value is -2.88. The van der Waals surface area contributed by atoms with E-state index in [4.69, 9.17) is 4.74 Å². The minimum Gasteiger partial charge on any atom is -0.496 e. The van der Waals surface area contributed by atoms with Gasteiger partial charge in [-0.1, -0.05) is 42.5 Å². The quantitative estimate of drug-likeness (QED) is 0.793. The normalized spacial score (nSPS) is 10.5. The van der Waals surface area contributed by atoms with Gasteiger partial charge in [0, 0.05) is 6.54 Å². The van der Waals surface area contributed by atoms with Gasteiger partial charge in [0.15, 0.2) is 0 Å². The molecule has 0 unspecified atom stereocenters. The molecule has 0 radical (unpaired) electrons. The van der Waals surface area contributed by atoms with Gasteiger partial charge < -0.3 is 10.1 Å². The number of hydrogen-bond donors (Lipinski definition) is 1. The molecule has 3 aromatic rings. The number of fused-ring (bicyclic) bond motifs is 1. The zero-order chi connectivity index (χ0) is 16.2. The third kappa shape index (κ3) is 3.16. The monoisotopic (exact) mass is 309 g/mol. The van der Waals surface area contributed by atoms with Crippen LogP contribution in [0.4, 0.5) is 4.39 Å². The fraction of sp³-hybridized carbons (Fsp3) is 0.105. The van der Waals surface area contributed by atoms with Gasteiger partial charge in [0.2, 0.25) is 0 Å². The van der Waals surface area contributed by atoms with Crippen molar-refractivity contribution in [1.82, 2.24) is 5.32 Å². The predicted molar refractivity (Wildman–Crippen MR) is 88.1 cm³/mol. The molecule has 0 aromatic heterocycles. The van der Waals surface area contributed by atoms with Gasteiger partial charge in [-0.05, 0) is 34.5 Å². The van der Waals surface area contributed by atoms with Crippen LogP contribution < -0.4 is 10.1 Å². The van der Waals surface area contributed by atoms with Gasteiger partial charge in [0.05, 0.1) is 12.7 Å². The van der Waals surface area contributed by atoms with Gasteiger partial charge in [0.25, 0.3) is 5.91 Å². The Kier molecular flexibility index (Phi) is 4.24. The van der Waals surface area contributed by atoms with Crippen molar-refractivity contribution in [1.29, 1.82) is 0 Å². The Balaban J connectivity index is 1.83. The molecule has 3 aromatic carbocycles. The molecular formula is C19H16FNO2. The van der Waals surface area contributed by atoms with E-state index in [2.05, 4.69) is 5.32 Å². The van der Waals surface area contributed by atoms with Crippen LogP contribution in [0.15, 0.2) is 60.7 Å². The minimum atomic E-state index is -0.471. The summed E-state index contributed by atoms with van der Waals surface area (Å²) >= 11 is 0. The largest absolute Gasteiger partial charge is 0.496 e. The van der Waals surface area contributed by atoms with Gasteiger partial charge in [-0.2, -0.15) is 0 Å². The average Bonchev–Trinajstić information content (AvgIpc) is 2.59. The van der Waals surface area contributed by atoms with Gasteiger partial charge in [0.1, 0.15) is 11.6 Å².